The minimum Gasteiger partial charge on any atom is -0.399 e. The minimum atomic E-state index is -0.0226. The van der Waals surface area contributed by atoms with Gasteiger partial charge in [0.05, 0.1) is 0 Å². The summed E-state index contributed by atoms with van der Waals surface area (Å²) in [5.41, 5.74) is 0. The Morgan fingerprint density at radius 3 is 2.73 bits per heavy atom. The third kappa shape index (κ3) is 2.28. The quantitative estimate of drug-likeness (QED) is 0.474. The molecule has 0 N–H and O–H groups in total. The third-order valence-corrected chi connectivity index (χ3v) is 3.21. The van der Waals surface area contributed by atoms with E-state index in [1.807, 2.05) is 4.90 Å². The number of carbonyl (C=O) groups is 1. The van der Waals surface area contributed by atoms with E-state index in [2.05, 4.69) is 14.9 Å². The van der Waals surface area contributed by atoms with Crippen molar-refractivity contribution in [3.05, 3.63) is 0 Å². The highest BCUT2D eigenvalue weighted by molar-refractivity contribution is 6.26. The number of fused-ring (bicyclic) bond motifs is 4. The van der Waals surface area contributed by atoms with E-state index < -0.39 is 0 Å². The summed E-state index contributed by atoms with van der Waals surface area (Å²) in [5.74, 6) is -0.0226. The van der Waals surface area contributed by atoms with E-state index >= 15 is 0 Å². The molecule has 3 heterocycles. The Hall–Kier alpha value is -1.10. The maximum Gasteiger partial charge on any atom is 0.268 e. The Labute approximate surface area is 89.7 Å². The van der Waals surface area contributed by atoms with Crippen molar-refractivity contribution >= 4 is 12.1 Å². The van der Waals surface area contributed by atoms with E-state index in [0.717, 1.165) is 39.0 Å². The maximum atomic E-state index is 11.8. The topological polar surface area (TPSA) is 45.1 Å². The molecule has 0 unspecified atom stereocenters. The van der Waals surface area contributed by atoms with Crippen LogP contribution >= 0.6 is 0 Å². The summed E-state index contributed by atoms with van der Waals surface area (Å²) in [6.45, 7) is 4.05. The Kier molecular flexibility index (Phi) is 3.20. The lowest BCUT2D eigenvalue weighted by molar-refractivity contribution is -0.125. The number of amides is 1. The van der Waals surface area contributed by atoms with Gasteiger partial charge in [0.15, 0.2) is 0 Å². The van der Waals surface area contributed by atoms with Gasteiger partial charge < -0.3 is 14.6 Å². The zero-order valence-corrected chi connectivity index (χ0v) is 9.06. The van der Waals surface area contributed by atoms with Gasteiger partial charge in [-0.1, -0.05) is 5.16 Å². The summed E-state index contributed by atoms with van der Waals surface area (Å²) >= 11 is 0. The first kappa shape index (κ1) is 10.4. The first-order valence-corrected chi connectivity index (χ1v) is 5.41. The van der Waals surface area contributed by atoms with Crippen LogP contribution in [0.15, 0.2) is 5.16 Å². The van der Waals surface area contributed by atoms with Crippen LogP contribution in [0.5, 0.6) is 0 Å². The van der Waals surface area contributed by atoms with Crippen molar-refractivity contribution < 1.29 is 9.63 Å². The molecule has 0 aromatic rings. The molecule has 5 heteroatoms. The summed E-state index contributed by atoms with van der Waals surface area (Å²) in [4.78, 5) is 20.6. The van der Waals surface area contributed by atoms with Gasteiger partial charge in [-0.15, -0.1) is 0 Å². The Balaban J connectivity index is 2.01. The molecular formula is C10H17N3O2. The van der Waals surface area contributed by atoms with E-state index in [-0.39, 0.29) is 5.91 Å². The largest absolute Gasteiger partial charge is 0.399 e. The average molecular weight is 211 g/mol. The van der Waals surface area contributed by atoms with Gasteiger partial charge in [0, 0.05) is 32.2 Å². The molecule has 0 aromatic heterocycles. The summed E-state index contributed by atoms with van der Waals surface area (Å²) in [6, 6.07) is 0.402. The highest BCUT2D eigenvalue weighted by Gasteiger charge is 2.31. The van der Waals surface area contributed by atoms with Crippen molar-refractivity contribution in [1.29, 1.82) is 0 Å². The number of oxime groups is 1. The van der Waals surface area contributed by atoms with Crippen molar-refractivity contribution in [3.8, 4) is 0 Å². The first-order valence-electron chi connectivity index (χ1n) is 5.41. The molecule has 0 radical (unpaired) electrons. The zero-order chi connectivity index (χ0) is 10.7. The van der Waals surface area contributed by atoms with Gasteiger partial charge in [0.2, 0.25) is 0 Å². The number of piperidine rings is 1. The smallest absolute Gasteiger partial charge is 0.268 e. The SMILES string of the molecule is CON=CC(=O)N1CCN2CCC1CC2. The second kappa shape index (κ2) is 4.61. The molecule has 3 rings (SSSR count). The third-order valence-electron chi connectivity index (χ3n) is 3.21. The molecule has 3 saturated heterocycles. The second-order valence-electron chi connectivity index (χ2n) is 4.02. The van der Waals surface area contributed by atoms with Crippen LogP contribution in [0.2, 0.25) is 0 Å². The molecular weight excluding hydrogens is 194 g/mol. The van der Waals surface area contributed by atoms with E-state index in [9.17, 15) is 4.79 Å². The van der Waals surface area contributed by atoms with Crippen LogP contribution in [0.1, 0.15) is 12.8 Å². The minimum absolute atomic E-state index is 0.0226. The molecule has 1 amide bonds. The van der Waals surface area contributed by atoms with Crippen LogP contribution in [0.3, 0.4) is 0 Å². The molecule has 84 valence electrons. The molecule has 3 aliphatic rings. The van der Waals surface area contributed by atoms with Crippen molar-refractivity contribution in [3.63, 3.8) is 0 Å². The fourth-order valence-corrected chi connectivity index (χ4v) is 2.35. The summed E-state index contributed by atoms with van der Waals surface area (Å²) < 4.78 is 0. The molecule has 5 nitrogen and oxygen atoms in total. The van der Waals surface area contributed by atoms with Gasteiger partial charge in [-0.3, -0.25) is 4.79 Å². The Morgan fingerprint density at radius 1 is 1.33 bits per heavy atom. The van der Waals surface area contributed by atoms with E-state index in [4.69, 9.17) is 0 Å². The molecule has 3 fully saturated rings. The zero-order valence-electron chi connectivity index (χ0n) is 9.06. The van der Waals surface area contributed by atoms with Crippen molar-refractivity contribution in [2.75, 3.05) is 33.3 Å². The summed E-state index contributed by atoms with van der Waals surface area (Å²) in [5, 5.41) is 3.53. The summed E-state index contributed by atoms with van der Waals surface area (Å²) in [6.07, 6.45) is 3.45. The predicted molar refractivity (Wildman–Crippen MR) is 56.7 cm³/mol. The number of rotatable bonds is 2. The standard InChI is InChI=1S/C10H17N3O2/c1-15-11-8-10(14)13-7-6-12-4-2-9(13)3-5-12/h8-9H,2-7H2,1H3. The number of hydrogen-bond acceptors (Lipinski definition) is 4. The lowest BCUT2D eigenvalue weighted by Gasteiger charge is -2.30. The van der Waals surface area contributed by atoms with Crippen LogP contribution in [0, 0.1) is 0 Å². The van der Waals surface area contributed by atoms with Gasteiger partial charge in [-0.2, -0.15) is 0 Å². The number of nitrogens with zero attached hydrogens (tertiary/aromatic N) is 3. The molecule has 15 heavy (non-hydrogen) atoms. The number of carbonyl (C=O) groups excluding carboxylic acids is 1. The highest BCUT2D eigenvalue weighted by Crippen LogP contribution is 2.20. The Morgan fingerprint density at radius 2 is 2.07 bits per heavy atom. The molecule has 0 saturated carbocycles. The average Bonchev–Trinajstić information content (AvgIpc) is 2.59. The second-order valence-corrected chi connectivity index (χ2v) is 4.02. The molecule has 0 atom stereocenters. The molecule has 0 aliphatic carbocycles. The van der Waals surface area contributed by atoms with E-state index in [1.54, 1.807) is 0 Å². The monoisotopic (exact) mass is 211 g/mol. The van der Waals surface area contributed by atoms with E-state index in [1.165, 1.54) is 13.3 Å². The predicted octanol–water partition coefficient (Wildman–Crippen LogP) is -0.0748. The lowest BCUT2D eigenvalue weighted by Crippen LogP contribution is -2.42. The van der Waals surface area contributed by atoms with Crippen LogP contribution in [0.4, 0.5) is 0 Å². The van der Waals surface area contributed by atoms with Crippen molar-refractivity contribution in [1.82, 2.24) is 9.80 Å². The van der Waals surface area contributed by atoms with Crippen LogP contribution < -0.4 is 0 Å². The Bertz CT molecular complexity index is 259. The van der Waals surface area contributed by atoms with Gasteiger partial charge >= 0.3 is 0 Å². The van der Waals surface area contributed by atoms with E-state index in [0.29, 0.717) is 6.04 Å². The van der Waals surface area contributed by atoms with Crippen LogP contribution in [-0.2, 0) is 9.63 Å². The normalized spacial score (nSPS) is 30.6. The van der Waals surface area contributed by atoms with Gasteiger partial charge in [-0.05, 0) is 12.8 Å². The van der Waals surface area contributed by atoms with Gasteiger partial charge in [0.25, 0.3) is 5.91 Å². The first-order chi connectivity index (χ1) is 7.31. The fourth-order valence-electron chi connectivity index (χ4n) is 2.35. The number of hydrogen-bond donors (Lipinski definition) is 0. The van der Waals surface area contributed by atoms with Gasteiger partial charge in [-0.25, -0.2) is 0 Å². The molecule has 2 bridgehead atoms. The van der Waals surface area contributed by atoms with Crippen LogP contribution in [0.25, 0.3) is 0 Å². The molecule has 0 spiro atoms. The molecule has 3 aliphatic heterocycles. The highest BCUT2D eigenvalue weighted by atomic mass is 16.6. The molecule has 0 aromatic carbocycles. The van der Waals surface area contributed by atoms with Crippen LogP contribution in [-0.4, -0.2) is 61.3 Å². The fraction of sp³-hybridized carbons (Fsp3) is 0.800. The lowest BCUT2D eigenvalue weighted by atomic mass is 10.1. The summed E-state index contributed by atoms with van der Waals surface area (Å²) in [7, 11) is 1.45. The maximum absolute atomic E-state index is 11.8. The van der Waals surface area contributed by atoms with Crippen molar-refractivity contribution in [2.24, 2.45) is 5.16 Å². The van der Waals surface area contributed by atoms with Crippen molar-refractivity contribution in [2.45, 2.75) is 18.9 Å². The van der Waals surface area contributed by atoms with Gasteiger partial charge in [0.1, 0.15) is 13.3 Å².